The molecule has 1 N–H and O–H groups in total. The van der Waals surface area contributed by atoms with Gasteiger partial charge in [0.25, 0.3) is 10.0 Å². The summed E-state index contributed by atoms with van der Waals surface area (Å²) < 4.78 is 27.4. The Hall–Kier alpha value is -2.33. The summed E-state index contributed by atoms with van der Waals surface area (Å²) in [6.07, 6.45) is 3.27. The fraction of sp³-hybridized carbons (Fsp3) is 0.0588. The van der Waals surface area contributed by atoms with Gasteiger partial charge in [0.1, 0.15) is 0 Å². The standard InChI is InChI=1S/C17H17NO2S/c1-4-14-8-9-15(5-2)17(12-14)18-21(19,20)16-10-6-13(3)7-11-16/h4-12,18H,1-2H2,3H3. The molecule has 0 atom stereocenters. The molecule has 0 aliphatic rings. The van der Waals surface area contributed by atoms with Gasteiger partial charge in [-0.3, -0.25) is 4.72 Å². The van der Waals surface area contributed by atoms with Gasteiger partial charge in [0.2, 0.25) is 0 Å². The zero-order valence-corrected chi connectivity index (χ0v) is 12.7. The minimum Gasteiger partial charge on any atom is -0.279 e. The Morgan fingerprint density at radius 1 is 1.00 bits per heavy atom. The average molecular weight is 299 g/mol. The zero-order chi connectivity index (χ0) is 15.5. The molecule has 21 heavy (non-hydrogen) atoms. The first-order chi connectivity index (χ1) is 9.96. The van der Waals surface area contributed by atoms with Crippen molar-refractivity contribution in [3.63, 3.8) is 0 Å². The summed E-state index contributed by atoms with van der Waals surface area (Å²) in [5.74, 6) is 0. The molecular formula is C17H17NO2S. The van der Waals surface area contributed by atoms with E-state index in [1.54, 1.807) is 48.6 Å². The van der Waals surface area contributed by atoms with Crippen LogP contribution in [-0.2, 0) is 10.0 Å². The van der Waals surface area contributed by atoms with Crippen molar-refractivity contribution < 1.29 is 8.42 Å². The molecule has 0 amide bonds. The maximum Gasteiger partial charge on any atom is 0.261 e. The summed E-state index contributed by atoms with van der Waals surface area (Å²) in [5.41, 5.74) is 3.05. The van der Waals surface area contributed by atoms with Gasteiger partial charge >= 0.3 is 0 Å². The van der Waals surface area contributed by atoms with Gasteiger partial charge < -0.3 is 0 Å². The van der Waals surface area contributed by atoms with E-state index in [9.17, 15) is 8.42 Å². The number of hydrogen-bond donors (Lipinski definition) is 1. The Labute approximate surface area is 125 Å². The van der Waals surface area contributed by atoms with E-state index in [1.165, 1.54) is 0 Å². The third-order valence-corrected chi connectivity index (χ3v) is 4.49. The van der Waals surface area contributed by atoms with E-state index in [0.717, 1.165) is 16.7 Å². The van der Waals surface area contributed by atoms with Crippen LogP contribution in [0.3, 0.4) is 0 Å². The van der Waals surface area contributed by atoms with Crippen molar-refractivity contribution in [3.8, 4) is 0 Å². The second-order valence-corrected chi connectivity index (χ2v) is 6.36. The maximum atomic E-state index is 12.4. The highest BCUT2D eigenvalue weighted by atomic mass is 32.2. The SMILES string of the molecule is C=Cc1ccc(C=C)c(NS(=O)(=O)c2ccc(C)cc2)c1. The predicted octanol–water partition coefficient (Wildman–Crippen LogP) is 4.08. The fourth-order valence-electron chi connectivity index (χ4n) is 1.89. The number of rotatable bonds is 5. The molecule has 0 aromatic heterocycles. The molecule has 0 heterocycles. The molecule has 0 unspecified atom stereocenters. The molecule has 2 aromatic carbocycles. The Morgan fingerprint density at radius 3 is 2.24 bits per heavy atom. The summed E-state index contributed by atoms with van der Waals surface area (Å²) in [4.78, 5) is 0.229. The topological polar surface area (TPSA) is 46.2 Å². The van der Waals surface area contributed by atoms with Crippen LogP contribution in [0.25, 0.3) is 12.2 Å². The van der Waals surface area contributed by atoms with Crippen LogP contribution in [0.4, 0.5) is 5.69 Å². The maximum absolute atomic E-state index is 12.4. The smallest absolute Gasteiger partial charge is 0.261 e. The number of benzene rings is 2. The van der Waals surface area contributed by atoms with Gasteiger partial charge in [0.15, 0.2) is 0 Å². The molecule has 3 nitrogen and oxygen atoms in total. The van der Waals surface area contributed by atoms with E-state index >= 15 is 0 Å². The molecule has 0 aliphatic heterocycles. The molecule has 108 valence electrons. The van der Waals surface area contributed by atoms with Gasteiger partial charge in [-0.05, 0) is 36.2 Å². The van der Waals surface area contributed by atoms with Crippen LogP contribution in [-0.4, -0.2) is 8.42 Å². The van der Waals surface area contributed by atoms with E-state index < -0.39 is 10.0 Å². The van der Waals surface area contributed by atoms with Crippen molar-refractivity contribution in [2.75, 3.05) is 4.72 Å². The minimum absolute atomic E-state index is 0.229. The first-order valence-corrected chi connectivity index (χ1v) is 7.93. The van der Waals surface area contributed by atoms with Gasteiger partial charge in [-0.15, -0.1) is 0 Å². The molecule has 0 aliphatic carbocycles. The molecule has 0 saturated heterocycles. The summed E-state index contributed by atoms with van der Waals surface area (Å²) in [5, 5.41) is 0. The molecule has 0 radical (unpaired) electrons. The van der Waals surface area contributed by atoms with Crippen LogP contribution in [0, 0.1) is 6.92 Å². The van der Waals surface area contributed by atoms with E-state index in [2.05, 4.69) is 17.9 Å². The lowest BCUT2D eigenvalue weighted by atomic mass is 10.1. The van der Waals surface area contributed by atoms with Crippen LogP contribution in [0.15, 0.2) is 60.5 Å². The number of nitrogens with one attached hydrogen (secondary N) is 1. The van der Waals surface area contributed by atoms with E-state index in [0.29, 0.717) is 5.69 Å². The minimum atomic E-state index is -3.62. The number of sulfonamides is 1. The van der Waals surface area contributed by atoms with E-state index in [1.807, 2.05) is 13.0 Å². The third kappa shape index (κ3) is 3.41. The van der Waals surface area contributed by atoms with Crippen LogP contribution in [0.1, 0.15) is 16.7 Å². The van der Waals surface area contributed by atoms with Crippen molar-refractivity contribution in [3.05, 3.63) is 72.3 Å². The molecule has 0 spiro atoms. The van der Waals surface area contributed by atoms with Gasteiger partial charge in [-0.2, -0.15) is 0 Å². The second kappa shape index (κ2) is 5.97. The van der Waals surface area contributed by atoms with Gasteiger partial charge in [-0.1, -0.05) is 55.1 Å². The van der Waals surface area contributed by atoms with Crippen LogP contribution in [0.2, 0.25) is 0 Å². The second-order valence-electron chi connectivity index (χ2n) is 4.67. The molecule has 0 fully saturated rings. The molecule has 0 bridgehead atoms. The number of anilines is 1. The Morgan fingerprint density at radius 2 is 1.67 bits per heavy atom. The summed E-state index contributed by atoms with van der Waals surface area (Å²) in [6.45, 7) is 9.30. The number of hydrogen-bond acceptors (Lipinski definition) is 2. The molecular weight excluding hydrogens is 282 g/mol. The zero-order valence-electron chi connectivity index (χ0n) is 11.8. The Bertz CT molecular complexity index is 775. The quantitative estimate of drug-likeness (QED) is 0.904. The van der Waals surface area contributed by atoms with Crippen LogP contribution < -0.4 is 4.72 Å². The normalized spacial score (nSPS) is 10.9. The number of aryl methyl sites for hydroxylation is 1. The molecule has 4 heteroatoms. The predicted molar refractivity (Wildman–Crippen MR) is 88.6 cm³/mol. The third-order valence-electron chi connectivity index (χ3n) is 3.11. The van der Waals surface area contributed by atoms with Crippen LogP contribution in [0.5, 0.6) is 0 Å². The van der Waals surface area contributed by atoms with Crippen molar-refractivity contribution in [2.45, 2.75) is 11.8 Å². The van der Waals surface area contributed by atoms with Gasteiger partial charge in [0, 0.05) is 0 Å². The van der Waals surface area contributed by atoms with Gasteiger partial charge in [0.05, 0.1) is 10.6 Å². The van der Waals surface area contributed by atoms with Crippen molar-refractivity contribution >= 4 is 27.9 Å². The van der Waals surface area contributed by atoms with Crippen molar-refractivity contribution in [1.82, 2.24) is 0 Å². The molecule has 2 aromatic rings. The Kier molecular flexibility index (Phi) is 4.29. The first-order valence-electron chi connectivity index (χ1n) is 6.44. The highest BCUT2D eigenvalue weighted by molar-refractivity contribution is 7.92. The Balaban J connectivity index is 2.42. The lowest BCUT2D eigenvalue weighted by molar-refractivity contribution is 0.601. The molecule has 2 rings (SSSR count). The lowest BCUT2D eigenvalue weighted by Gasteiger charge is -2.12. The lowest BCUT2D eigenvalue weighted by Crippen LogP contribution is -2.13. The summed E-state index contributed by atoms with van der Waals surface area (Å²) in [7, 11) is -3.62. The van der Waals surface area contributed by atoms with E-state index in [4.69, 9.17) is 0 Å². The summed E-state index contributed by atoms with van der Waals surface area (Å²) in [6, 6.07) is 12.1. The highest BCUT2D eigenvalue weighted by Gasteiger charge is 2.15. The monoisotopic (exact) mass is 299 g/mol. The largest absolute Gasteiger partial charge is 0.279 e. The fourth-order valence-corrected chi connectivity index (χ4v) is 2.97. The first kappa shape index (κ1) is 15.1. The van der Waals surface area contributed by atoms with Crippen molar-refractivity contribution in [2.24, 2.45) is 0 Å². The van der Waals surface area contributed by atoms with E-state index in [-0.39, 0.29) is 4.90 Å². The highest BCUT2D eigenvalue weighted by Crippen LogP contribution is 2.23. The average Bonchev–Trinajstić information content (AvgIpc) is 2.47. The van der Waals surface area contributed by atoms with Gasteiger partial charge in [-0.25, -0.2) is 8.42 Å². The summed E-state index contributed by atoms with van der Waals surface area (Å²) >= 11 is 0. The van der Waals surface area contributed by atoms with Crippen LogP contribution >= 0.6 is 0 Å². The molecule has 0 saturated carbocycles. The van der Waals surface area contributed by atoms with Crippen molar-refractivity contribution in [1.29, 1.82) is 0 Å².